The molecule has 0 atom stereocenters. The van der Waals surface area contributed by atoms with Crippen LogP contribution in [0.15, 0.2) is 0 Å². The number of rotatable bonds is 0. The van der Waals surface area contributed by atoms with Crippen molar-refractivity contribution in [3.05, 3.63) is 0 Å². The molecular formula is InOPbSn. The topological polar surface area (TPSA) is 17.1 Å². The second-order valence-corrected chi connectivity index (χ2v) is 0. The summed E-state index contributed by atoms with van der Waals surface area (Å²) in [6, 6.07) is 0. The largest absolute Gasteiger partial charge is 0 e. The summed E-state index contributed by atoms with van der Waals surface area (Å²) in [6.07, 6.45) is 0. The van der Waals surface area contributed by atoms with Crippen LogP contribution < -0.4 is 0 Å². The van der Waals surface area contributed by atoms with Gasteiger partial charge in [0.05, 0.1) is 0 Å². The van der Waals surface area contributed by atoms with Gasteiger partial charge in [0.2, 0.25) is 0 Å². The molecule has 9 radical (unpaired) electrons. The summed E-state index contributed by atoms with van der Waals surface area (Å²) in [5.74, 6) is 0. The molecule has 0 spiro atoms. The molecule has 0 aromatic heterocycles. The molecule has 4 heavy (non-hydrogen) atoms. The van der Waals surface area contributed by atoms with Crippen LogP contribution in [0.2, 0.25) is 0 Å². The van der Waals surface area contributed by atoms with Gasteiger partial charge in [-0.3, -0.25) is 0 Å². The molecule has 0 saturated heterocycles. The third-order valence-electron chi connectivity index (χ3n) is 0. The van der Waals surface area contributed by atoms with Crippen molar-refractivity contribution in [1.82, 2.24) is 0 Å². The van der Waals surface area contributed by atoms with E-state index in [1.165, 1.54) is 0 Å². The molecule has 0 aliphatic rings. The van der Waals surface area contributed by atoms with Gasteiger partial charge in [-0.1, -0.05) is 0 Å². The molecule has 1 nitrogen and oxygen atoms in total. The average Bonchev–Trinajstić information content (AvgIpc) is 1.00. The molecule has 0 aliphatic heterocycles. The molecular weight excluding hydrogens is 457 g/mol. The minimum absolute atomic E-state index is 0. The minimum Gasteiger partial charge on any atom is 0 e. The van der Waals surface area contributed by atoms with Crippen molar-refractivity contribution in [3.63, 3.8) is 0 Å². The summed E-state index contributed by atoms with van der Waals surface area (Å²) < 4.78 is 8.34. The van der Waals surface area contributed by atoms with Crippen molar-refractivity contribution in [2.45, 2.75) is 0 Å². The Bertz CT molecular complexity index is 8.00. The first-order valence-corrected chi connectivity index (χ1v) is 1.37. The Kier molecular flexibility index (Phi) is 73.4. The maximum atomic E-state index is 8.34. The van der Waals surface area contributed by atoms with Crippen LogP contribution in [0.3, 0.4) is 0 Å². The zero-order valence-corrected chi connectivity index (χ0v) is 12.0. The molecule has 0 amide bonds. The minimum atomic E-state index is 0. The van der Waals surface area contributed by atoms with Gasteiger partial charge < -0.3 is 0 Å². The first kappa shape index (κ1) is 16.2. The summed E-state index contributed by atoms with van der Waals surface area (Å²) >= 11 is 0.300. The van der Waals surface area contributed by atoms with E-state index in [0.29, 0.717) is 22.5 Å². The summed E-state index contributed by atoms with van der Waals surface area (Å²) in [5, 5.41) is 0. The molecule has 0 unspecified atom stereocenters. The van der Waals surface area contributed by atoms with Crippen molar-refractivity contribution in [2.24, 2.45) is 0 Å². The third-order valence-corrected chi connectivity index (χ3v) is 0. The van der Waals surface area contributed by atoms with Crippen LogP contribution in [-0.4, -0.2) is 75.7 Å². The van der Waals surface area contributed by atoms with Gasteiger partial charge in [0.25, 0.3) is 0 Å². The Morgan fingerprint density at radius 3 is 1.25 bits per heavy atom. The number of hydrogen-bond donors (Lipinski definition) is 0. The molecule has 0 aromatic rings. The zero-order chi connectivity index (χ0) is 2.00. The van der Waals surface area contributed by atoms with Crippen molar-refractivity contribution >= 4 is 75.7 Å². The third kappa shape index (κ3) is 8.83. The van der Waals surface area contributed by atoms with E-state index in [0.717, 1.165) is 0 Å². The fraction of sp³-hybridized carbons (Fsp3) is 0. The van der Waals surface area contributed by atoms with Crippen LogP contribution in [0, 0.1) is 0 Å². The fourth-order valence-corrected chi connectivity index (χ4v) is 0. The predicted octanol–water partition coefficient (Wildman–Crippen LogP) is -1.26. The van der Waals surface area contributed by atoms with Gasteiger partial charge in [0, 0.05) is 53.1 Å². The number of hydrogen-bond acceptors (Lipinski definition) is 1. The van der Waals surface area contributed by atoms with E-state index in [4.69, 9.17) is 3.08 Å². The SMILES string of the molecule is [In].[O]=[Sn].[Pb]. The van der Waals surface area contributed by atoms with Gasteiger partial charge in [-0.15, -0.1) is 0 Å². The Morgan fingerprint density at radius 1 is 1.25 bits per heavy atom. The Morgan fingerprint density at radius 2 is 1.25 bits per heavy atom. The van der Waals surface area contributed by atoms with Crippen LogP contribution in [0.5, 0.6) is 0 Å². The summed E-state index contributed by atoms with van der Waals surface area (Å²) in [7, 11) is 0. The van der Waals surface area contributed by atoms with Crippen LogP contribution in [-0.2, 0) is 3.08 Å². The van der Waals surface area contributed by atoms with Crippen LogP contribution in [0.25, 0.3) is 0 Å². The maximum Gasteiger partial charge on any atom is 0 e. The molecule has 0 heterocycles. The zero-order valence-electron chi connectivity index (χ0n) is 1.99. The molecule has 0 N–H and O–H groups in total. The van der Waals surface area contributed by atoms with Gasteiger partial charge in [-0.05, 0) is 0 Å². The Labute approximate surface area is 77.3 Å². The van der Waals surface area contributed by atoms with E-state index in [1.807, 2.05) is 0 Å². The Balaban J connectivity index is -0.00000000500. The van der Waals surface area contributed by atoms with E-state index in [1.54, 1.807) is 0 Å². The molecule has 0 bridgehead atoms. The second kappa shape index (κ2) is 18.2. The standard InChI is InChI=1S/In.O.Pb.Sn. The summed E-state index contributed by atoms with van der Waals surface area (Å²) in [6.45, 7) is 0. The summed E-state index contributed by atoms with van der Waals surface area (Å²) in [4.78, 5) is 0. The van der Waals surface area contributed by atoms with Gasteiger partial charge in [0.15, 0.2) is 0 Å². The molecule has 0 fully saturated rings. The van der Waals surface area contributed by atoms with E-state index in [-0.39, 0.29) is 53.1 Å². The van der Waals surface area contributed by atoms with Crippen LogP contribution in [0.1, 0.15) is 0 Å². The van der Waals surface area contributed by atoms with Crippen LogP contribution >= 0.6 is 0 Å². The average molecular weight is 457 g/mol. The first-order chi connectivity index (χ1) is 1.00. The molecule has 0 aliphatic carbocycles. The van der Waals surface area contributed by atoms with Gasteiger partial charge >= 0.3 is 25.6 Å². The normalized spacial score (nSPS) is 1.00. The Hall–Kier alpha value is 2.39. The van der Waals surface area contributed by atoms with Crippen molar-refractivity contribution in [3.8, 4) is 0 Å². The van der Waals surface area contributed by atoms with Crippen molar-refractivity contribution < 1.29 is 3.08 Å². The monoisotopic (exact) mass is 459 g/mol. The molecule has 4 heteroatoms. The van der Waals surface area contributed by atoms with E-state index >= 15 is 0 Å². The van der Waals surface area contributed by atoms with E-state index < -0.39 is 0 Å². The molecule has 17 valence electrons. The molecule has 0 rings (SSSR count). The van der Waals surface area contributed by atoms with Crippen molar-refractivity contribution in [2.75, 3.05) is 0 Å². The summed E-state index contributed by atoms with van der Waals surface area (Å²) in [5.41, 5.74) is 0. The van der Waals surface area contributed by atoms with E-state index in [2.05, 4.69) is 0 Å². The predicted molar refractivity (Wildman–Crippen MR) is 17.9 cm³/mol. The fourth-order valence-electron chi connectivity index (χ4n) is 0. The van der Waals surface area contributed by atoms with Gasteiger partial charge in [0.1, 0.15) is 0 Å². The first-order valence-electron chi connectivity index (χ1n) is 0.204. The smallest absolute Gasteiger partial charge is 0 e. The van der Waals surface area contributed by atoms with Crippen molar-refractivity contribution in [1.29, 1.82) is 0 Å². The molecule has 0 saturated carbocycles. The van der Waals surface area contributed by atoms with E-state index in [9.17, 15) is 0 Å². The molecule has 0 aromatic carbocycles. The second-order valence-electron chi connectivity index (χ2n) is 0. The quantitative estimate of drug-likeness (QED) is 0.416. The van der Waals surface area contributed by atoms with Gasteiger partial charge in [-0.2, -0.15) is 0 Å². The maximum absolute atomic E-state index is 8.34. The van der Waals surface area contributed by atoms with Crippen LogP contribution in [0.4, 0.5) is 0 Å². The van der Waals surface area contributed by atoms with Gasteiger partial charge in [-0.25, -0.2) is 0 Å².